The minimum atomic E-state index is -0.562. The molecule has 0 fully saturated rings. The topological polar surface area (TPSA) is 107 Å². The van der Waals surface area contributed by atoms with Crippen molar-refractivity contribution in [2.75, 3.05) is 11.1 Å². The van der Waals surface area contributed by atoms with Crippen molar-refractivity contribution >= 4 is 46.1 Å². The van der Waals surface area contributed by atoms with Crippen molar-refractivity contribution < 1.29 is 18.7 Å². The fourth-order valence-electron chi connectivity index (χ4n) is 2.26. The molecule has 0 spiro atoms. The van der Waals surface area contributed by atoms with Gasteiger partial charge in [0.05, 0.1) is 21.9 Å². The molecule has 0 bridgehead atoms. The van der Waals surface area contributed by atoms with Crippen molar-refractivity contribution in [1.29, 1.82) is 0 Å². The number of nitrogens with two attached hydrogens (primary N) is 1. The van der Waals surface area contributed by atoms with Crippen LogP contribution in [0.15, 0.2) is 53.0 Å². The van der Waals surface area contributed by atoms with E-state index in [2.05, 4.69) is 15.3 Å². The van der Waals surface area contributed by atoms with Crippen LogP contribution in [0.3, 0.4) is 0 Å². The first-order valence-corrected chi connectivity index (χ1v) is 10.5. The monoisotopic (exact) mass is 444 g/mol. The molecule has 0 unspecified atom stereocenters. The van der Waals surface area contributed by atoms with Crippen molar-refractivity contribution in [1.82, 2.24) is 9.97 Å². The number of carbonyl (C=O) groups is 2. The lowest BCUT2D eigenvalue weighted by Gasteiger charge is -2.06. The molecule has 2 aromatic heterocycles. The zero-order valence-corrected chi connectivity index (χ0v) is 17.4. The largest absolute Gasteiger partial charge is 0.453 e. The molecule has 2 amide bonds. The number of pyridine rings is 1. The van der Waals surface area contributed by atoms with Crippen molar-refractivity contribution in [3.63, 3.8) is 0 Å². The molecule has 0 aliphatic heterocycles. The predicted molar refractivity (Wildman–Crippen MR) is 115 cm³/mol. The normalized spacial score (nSPS) is 10.9. The molecular weight excluding hydrogens is 427 g/mol. The second-order valence-electron chi connectivity index (χ2n) is 5.95. The molecule has 0 saturated heterocycles. The van der Waals surface area contributed by atoms with Gasteiger partial charge in [-0.2, -0.15) is 0 Å². The third kappa shape index (κ3) is 6.13. The summed E-state index contributed by atoms with van der Waals surface area (Å²) in [4.78, 5) is 31.2. The van der Waals surface area contributed by atoms with E-state index in [1.54, 1.807) is 31.3 Å². The highest BCUT2D eigenvalue weighted by Crippen LogP contribution is 2.32. The molecule has 3 N–H and O–H groups in total. The zero-order chi connectivity index (χ0) is 21.5. The van der Waals surface area contributed by atoms with E-state index in [0.29, 0.717) is 22.1 Å². The van der Waals surface area contributed by atoms with E-state index in [0.717, 1.165) is 4.21 Å². The maximum absolute atomic E-state index is 14.3. The number of aromatic nitrogens is 2. The maximum atomic E-state index is 14.3. The highest BCUT2D eigenvalue weighted by Gasteiger charge is 2.11. The first-order chi connectivity index (χ1) is 14.4. The Balaban J connectivity index is 1.60. The minimum absolute atomic E-state index is 0.0591. The number of carbonyl (C=O) groups excluding carboxylic acids is 2. The van der Waals surface area contributed by atoms with Crippen LogP contribution in [0.2, 0.25) is 0 Å². The lowest BCUT2D eigenvalue weighted by atomic mass is 10.2. The van der Waals surface area contributed by atoms with Gasteiger partial charge >= 0.3 is 0 Å². The lowest BCUT2D eigenvalue weighted by molar-refractivity contribution is -0.115. The van der Waals surface area contributed by atoms with Crippen LogP contribution in [0.5, 0.6) is 11.5 Å². The van der Waals surface area contributed by atoms with E-state index < -0.39 is 17.6 Å². The van der Waals surface area contributed by atoms with Crippen molar-refractivity contribution in [2.24, 2.45) is 5.73 Å². The molecular formula is C20H17FN4O3S2. The summed E-state index contributed by atoms with van der Waals surface area (Å²) in [5.41, 5.74) is 6.34. The maximum Gasteiger partial charge on any atom is 0.250 e. The van der Waals surface area contributed by atoms with E-state index in [1.165, 1.54) is 53.6 Å². The van der Waals surface area contributed by atoms with E-state index in [4.69, 9.17) is 10.5 Å². The van der Waals surface area contributed by atoms with Crippen LogP contribution < -0.4 is 15.8 Å². The number of hydrogen-bond acceptors (Lipinski definition) is 7. The smallest absolute Gasteiger partial charge is 0.250 e. The molecule has 0 atom stereocenters. The number of benzene rings is 1. The van der Waals surface area contributed by atoms with Crippen LogP contribution in [0.1, 0.15) is 11.3 Å². The minimum Gasteiger partial charge on any atom is -0.453 e. The van der Waals surface area contributed by atoms with Gasteiger partial charge in [-0.15, -0.1) is 11.8 Å². The Hall–Kier alpha value is -3.24. The average Bonchev–Trinajstić information content (AvgIpc) is 3.06. The zero-order valence-electron chi connectivity index (χ0n) is 15.8. The molecule has 0 aliphatic rings. The van der Waals surface area contributed by atoms with Gasteiger partial charge in [0, 0.05) is 12.3 Å². The molecule has 0 saturated carbocycles. The summed E-state index contributed by atoms with van der Waals surface area (Å²) in [6, 6.07) is 7.73. The molecule has 154 valence electrons. The Labute approximate surface area is 180 Å². The lowest BCUT2D eigenvalue weighted by Crippen LogP contribution is -2.12. The molecule has 3 aromatic rings. The quantitative estimate of drug-likeness (QED) is 0.402. The fourth-order valence-corrected chi connectivity index (χ4v) is 4.14. The molecule has 3 rings (SSSR count). The van der Waals surface area contributed by atoms with Crippen molar-refractivity contribution in [3.05, 3.63) is 65.9 Å². The van der Waals surface area contributed by atoms with E-state index in [1.807, 2.05) is 0 Å². The second-order valence-corrected chi connectivity index (χ2v) is 8.19. The molecule has 1 aromatic carbocycles. The number of rotatable bonds is 8. The van der Waals surface area contributed by atoms with Gasteiger partial charge < -0.3 is 10.5 Å². The average molecular weight is 445 g/mol. The molecule has 2 heterocycles. The number of nitrogens with zero attached hydrogens (tertiary/aromatic N) is 2. The van der Waals surface area contributed by atoms with Crippen molar-refractivity contribution in [2.45, 2.75) is 11.1 Å². The molecule has 0 radical (unpaired) electrons. The number of amides is 2. The van der Waals surface area contributed by atoms with Gasteiger partial charge in [-0.25, -0.2) is 9.37 Å². The third-order valence-electron chi connectivity index (χ3n) is 3.57. The van der Waals surface area contributed by atoms with Gasteiger partial charge in [-0.1, -0.05) is 17.4 Å². The number of primary amides is 1. The molecule has 10 heteroatoms. The van der Waals surface area contributed by atoms with Crippen LogP contribution in [0.4, 0.5) is 9.52 Å². The van der Waals surface area contributed by atoms with Crippen LogP contribution in [0, 0.1) is 12.7 Å². The molecule has 0 aliphatic carbocycles. The van der Waals surface area contributed by atoms with Crippen LogP contribution in [-0.2, 0) is 9.59 Å². The predicted octanol–water partition coefficient (Wildman–Crippen LogP) is 4.01. The number of halogens is 1. The standard InChI is InChI=1S/C20H17FN4O3S2/c1-12-19(29-11-17(22)26)30-20(24-12)25-18(27)7-5-13-4-6-16(15(21)9-13)28-14-3-2-8-23-10-14/h2-10H,11H2,1H3,(H2,22,26)(H,24,25,27)/b7-5+. The Morgan fingerprint density at radius 3 is 2.90 bits per heavy atom. The highest BCUT2D eigenvalue weighted by atomic mass is 32.2. The Morgan fingerprint density at radius 2 is 2.20 bits per heavy atom. The number of thiazole rings is 1. The summed E-state index contributed by atoms with van der Waals surface area (Å²) < 4.78 is 20.5. The third-order valence-corrected chi connectivity index (χ3v) is 6.03. The van der Waals surface area contributed by atoms with Gasteiger partial charge in [0.15, 0.2) is 16.7 Å². The molecule has 7 nitrogen and oxygen atoms in total. The summed E-state index contributed by atoms with van der Waals surface area (Å²) in [6.07, 6.45) is 5.84. The summed E-state index contributed by atoms with van der Waals surface area (Å²) >= 11 is 2.52. The first-order valence-electron chi connectivity index (χ1n) is 8.66. The van der Waals surface area contributed by atoms with Gasteiger partial charge in [0.1, 0.15) is 5.75 Å². The van der Waals surface area contributed by atoms with Crippen LogP contribution >= 0.6 is 23.1 Å². The van der Waals surface area contributed by atoms with Gasteiger partial charge in [0.2, 0.25) is 11.8 Å². The number of anilines is 1. The van der Waals surface area contributed by atoms with Gasteiger partial charge in [-0.05, 0) is 42.8 Å². The Kier molecular flexibility index (Phi) is 7.15. The van der Waals surface area contributed by atoms with E-state index in [-0.39, 0.29) is 11.5 Å². The summed E-state index contributed by atoms with van der Waals surface area (Å²) in [7, 11) is 0. The number of hydrogen-bond donors (Lipinski definition) is 2. The summed E-state index contributed by atoms with van der Waals surface area (Å²) in [6.45, 7) is 1.78. The van der Waals surface area contributed by atoms with Gasteiger partial charge in [-0.3, -0.25) is 19.9 Å². The Bertz CT molecular complexity index is 1090. The van der Waals surface area contributed by atoms with E-state index >= 15 is 0 Å². The number of ether oxygens (including phenoxy) is 1. The Morgan fingerprint density at radius 1 is 1.37 bits per heavy atom. The van der Waals surface area contributed by atoms with Crippen LogP contribution in [-0.4, -0.2) is 27.5 Å². The number of nitrogens with one attached hydrogen (secondary N) is 1. The van der Waals surface area contributed by atoms with Gasteiger partial charge in [0.25, 0.3) is 0 Å². The SMILES string of the molecule is Cc1nc(NC(=O)/C=C/c2ccc(Oc3cccnc3)c(F)c2)sc1SCC(N)=O. The second kappa shape index (κ2) is 9.99. The van der Waals surface area contributed by atoms with E-state index in [9.17, 15) is 14.0 Å². The number of thioether (sulfide) groups is 1. The molecule has 30 heavy (non-hydrogen) atoms. The fraction of sp³-hybridized carbons (Fsp3) is 0.100. The number of aryl methyl sites for hydroxylation is 1. The summed E-state index contributed by atoms with van der Waals surface area (Å²) in [5, 5.41) is 3.05. The van der Waals surface area contributed by atoms with Crippen molar-refractivity contribution in [3.8, 4) is 11.5 Å². The first kappa shape index (κ1) is 21.5. The van der Waals surface area contributed by atoms with Crippen LogP contribution in [0.25, 0.3) is 6.08 Å². The summed E-state index contributed by atoms with van der Waals surface area (Å²) in [5.74, 6) is -0.776. The highest BCUT2D eigenvalue weighted by molar-refractivity contribution is 8.01.